The first-order chi connectivity index (χ1) is 13.7. The highest BCUT2D eigenvalue weighted by Gasteiger charge is 2.40. The van der Waals surface area contributed by atoms with Gasteiger partial charge in [0.1, 0.15) is 0 Å². The Bertz CT molecular complexity index is 1050. The van der Waals surface area contributed by atoms with Crippen LogP contribution in [-0.2, 0) is 6.18 Å². The molecule has 0 aliphatic rings. The third kappa shape index (κ3) is 4.48. The predicted octanol–water partition coefficient (Wildman–Crippen LogP) is 4.93. The Morgan fingerprint density at radius 3 is 2.34 bits per heavy atom. The summed E-state index contributed by atoms with van der Waals surface area (Å²) in [5.74, 6) is -1.01. The second-order valence-electron chi connectivity index (χ2n) is 6.30. The van der Waals surface area contributed by atoms with Gasteiger partial charge in [-0.1, -0.05) is 29.8 Å². The number of hydrogen-bond donors (Lipinski definition) is 1. The quantitative estimate of drug-likeness (QED) is 0.481. The fourth-order valence-corrected chi connectivity index (χ4v) is 2.94. The van der Waals surface area contributed by atoms with Crippen molar-refractivity contribution in [1.82, 2.24) is 15.2 Å². The summed E-state index contributed by atoms with van der Waals surface area (Å²) in [6, 6.07) is 11.3. The highest BCUT2D eigenvalue weighted by molar-refractivity contribution is 6.30. The van der Waals surface area contributed by atoms with Crippen LogP contribution in [0.15, 0.2) is 53.8 Å². The van der Waals surface area contributed by atoms with E-state index >= 15 is 0 Å². The number of benzene rings is 2. The van der Waals surface area contributed by atoms with Crippen molar-refractivity contribution in [3.63, 3.8) is 0 Å². The van der Waals surface area contributed by atoms with Gasteiger partial charge in [-0.15, -0.1) is 0 Å². The fourth-order valence-electron chi connectivity index (χ4n) is 2.81. The van der Waals surface area contributed by atoms with Crippen molar-refractivity contribution in [3.05, 3.63) is 81.6 Å². The summed E-state index contributed by atoms with van der Waals surface area (Å²) in [4.78, 5) is 12.4. The van der Waals surface area contributed by atoms with Gasteiger partial charge in [0.05, 0.1) is 23.7 Å². The molecule has 0 atom stereocenters. The molecule has 1 amide bonds. The summed E-state index contributed by atoms with van der Waals surface area (Å²) in [7, 11) is 0. The molecule has 0 radical (unpaired) electrons. The van der Waals surface area contributed by atoms with Crippen LogP contribution in [0.1, 0.15) is 32.7 Å². The number of nitrogens with zero attached hydrogens (tertiary/aromatic N) is 3. The summed E-state index contributed by atoms with van der Waals surface area (Å²) in [6.45, 7) is 3.74. The lowest BCUT2D eigenvalue weighted by atomic mass is 10.0. The van der Waals surface area contributed by atoms with E-state index in [1.807, 2.05) is 32.0 Å². The number of alkyl halides is 3. The van der Waals surface area contributed by atoms with Crippen LogP contribution in [0.25, 0.3) is 5.69 Å². The molecule has 3 aromatic rings. The van der Waals surface area contributed by atoms with E-state index in [0.29, 0.717) is 9.70 Å². The van der Waals surface area contributed by atoms with Gasteiger partial charge >= 0.3 is 6.18 Å². The minimum Gasteiger partial charge on any atom is -0.267 e. The van der Waals surface area contributed by atoms with Gasteiger partial charge in [-0.05, 0) is 49.2 Å². The average molecular weight is 421 g/mol. The maximum absolute atomic E-state index is 13.7. The lowest BCUT2D eigenvalue weighted by molar-refractivity contribution is -0.143. The van der Waals surface area contributed by atoms with Crippen LogP contribution in [0, 0.1) is 13.8 Å². The number of nitrogens with one attached hydrogen (secondary N) is 1. The largest absolute Gasteiger partial charge is 0.434 e. The minimum absolute atomic E-state index is 0.125. The van der Waals surface area contributed by atoms with Gasteiger partial charge < -0.3 is 0 Å². The van der Waals surface area contributed by atoms with Crippen LogP contribution >= 0.6 is 11.6 Å². The number of aromatic nitrogens is 2. The van der Waals surface area contributed by atoms with Gasteiger partial charge in [0, 0.05) is 10.6 Å². The first kappa shape index (κ1) is 20.6. The highest BCUT2D eigenvalue weighted by Crippen LogP contribution is 2.33. The second-order valence-corrected chi connectivity index (χ2v) is 6.73. The van der Waals surface area contributed by atoms with Gasteiger partial charge in [0.25, 0.3) is 5.91 Å². The average Bonchev–Trinajstić information content (AvgIpc) is 3.10. The molecule has 9 heteroatoms. The van der Waals surface area contributed by atoms with E-state index in [2.05, 4.69) is 15.6 Å². The Kier molecular flexibility index (Phi) is 5.74. The van der Waals surface area contributed by atoms with E-state index in [0.717, 1.165) is 22.9 Å². The first-order valence-corrected chi connectivity index (χ1v) is 8.87. The van der Waals surface area contributed by atoms with Crippen molar-refractivity contribution in [2.45, 2.75) is 20.0 Å². The molecule has 0 saturated heterocycles. The molecule has 0 fully saturated rings. The van der Waals surface area contributed by atoms with Crippen molar-refractivity contribution in [1.29, 1.82) is 0 Å². The molecule has 5 nitrogen and oxygen atoms in total. The molecule has 2 aromatic carbocycles. The van der Waals surface area contributed by atoms with Crippen molar-refractivity contribution < 1.29 is 18.0 Å². The lowest BCUT2D eigenvalue weighted by Gasteiger charge is -2.12. The molecule has 150 valence electrons. The minimum atomic E-state index is -4.81. The van der Waals surface area contributed by atoms with E-state index in [9.17, 15) is 18.0 Å². The molecule has 0 spiro atoms. The molecule has 0 aliphatic heterocycles. The number of hydrazone groups is 1. The van der Waals surface area contributed by atoms with Crippen molar-refractivity contribution in [2.24, 2.45) is 5.10 Å². The summed E-state index contributed by atoms with van der Waals surface area (Å²) in [6.07, 6.45) is -2.54. The molecular weight excluding hydrogens is 405 g/mol. The third-order valence-electron chi connectivity index (χ3n) is 4.26. The van der Waals surface area contributed by atoms with E-state index in [1.165, 1.54) is 30.5 Å². The Hall–Kier alpha value is -3.13. The van der Waals surface area contributed by atoms with Crippen LogP contribution in [0.5, 0.6) is 0 Å². The summed E-state index contributed by atoms with van der Waals surface area (Å²) < 4.78 is 41.6. The number of aryl methyl sites for hydroxylation is 2. The Labute approximate surface area is 169 Å². The van der Waals surface area contributed by atoms with Gasteiger partial charge in [-0.25, -0.2) is 10.1 Å². The van der Waals surface area contributed by atoms with Gasteiger partial charge in [0.2, 0.25) is 0 Å². The van der Waals surface area contributed by atoms with Gasteiger partial charge in [0.15, 0.2) is 5.69 Å². The molecule has 0 aliphatic carbocycles. The second kappa shape index (κ2) is 8.08. The molecule has 0 saturated carbocycles. The predicted molar refractivity (Wildman–Crippen MR) is 105 cm³/mol. The Balaban J connectivity index is 1.91. The zero-order chi connectivity index (χ0) is 21.2. The molecule has 3 rings (SSSR count). The van der Waals surface area contributed by atoms with Gasteiger partial charge in [-0.2, -0.15) is 23.4 Å². The van der Waals surface area contributed by atoms with Crippen molar-refractivity contribution in [3.8, 4) is 5.69 Å². The van der Waals surface area contributed by atoms with E-state index < -0.39 is 23.3 Å². The monoisotopic (exact) mass is 420 g/mol. The maximum Gasteiger partial charge on any atom is 0.434 e. The molecule has 1 N–H and O–H groups in total. The Morgan fingerprint density at radius 1 is 1.14 bits per heavy atom. The molecule has 29 heavy (non-hydrogen) atoms. The SMILES string of the molecule is Cc1cccc(C)c1C=NNC(=O)c1cnn(-c2ccc(Cl)cc2)c1C(F)(F)F. The normalized spacial score (nSPS) is 11.8. The van der Waals surface area contributed by atoms with E-state index in [1.54, 1.807) is 0 Å². The smallest absolute Gasteiger partial charge is 0.267 e. The van der Waals surface area contributed by atoms with Crippen LogP contribution in [0.2, 0.25) is 5.02 Å². The molecule has 0 unspecified atom stereocenters. The van der Waals surface area contributed by atoms with Crippen molar-refractivity contribution in [2.75, 3.05) is 0 Å². The zero-order valence-electron chi connectivity index (χ0n) is 15.5. The molecule has 1 heterocycles. The fraction of sp³-hybridized carbons (Fsp3) is 0.150. The number of hydrogen-bond acceptors (Lipinski definition) is 3. The lowest BCUT2D eigenvalue weighted by Crippen LogP contribution is -2.23. The molecular formula is C20H16ClF3N4O. The number of carbonyl (C=O) groups excluding carboxylic acids is 1. The molecule has 1 aromatic heterocycles. The van der Waals surface area contributed by atoms with Crippen molar-refractivity contribution >= 4 is 23.7 Å². The van der Waals surface area contributed by atoms with E-state index in [-0.39, 0.29) is 5.69 Å². The third-order valence-corrected chi connectivity index (χ3v) is 4.51. The van der Waals surface area contributed by atoms with E-state index in [4.69, 9.17) is 11.6 Å². The first-order valence-electron chi connectivity index (χ1n) is 8.49. The van der Waals surface area contributed by atoms with Gasteiger partial charge in [-0.3, -0.25) is 4.79 Å². The standard InChI is InChI=1S/C20H16ClF3N4O/c1-12-4-3-5-13(2)16(12)10-25-27-19(29)17-11-26-28(18(17)20(22,23)24)15-8-6-14(21)7-9-15/h3-11H,1-2H3,(H,27,29). The maximum atomic E-state index is 13.7. The van der Waals surface area contributed by atoms with Crippen LogP contribution in [-0.4, -0.2) is 21.9 Å². The summed E-state index contributed by atoms with van der Waals surface area (Å²) in [5.41, 5.74) is 3.07. The Morgan fingerprint density at radius 2 is 1.76 bits per heavy atom. The number of carbonyl (C=O) groups is 1. The summed E-state index contributed by atoms with van der Waals surface area (Å²) >= 11 is 5.78. The van der Waals surface area contributed by atoms with Crippen LogP contribution in [0.3, 0.4) is 0 Å². The molecule has 0 bridgehead atoms. The number of amides is 1. The zero-order valence-corrected chi connectivity index (χ0v) is 16.2. The van der Waals surface area contributed by atoms with Crippen LogP contribution in [0.4, 0.5) is 13.2 Å². The number of rotatable bonds is 4. The highest BCUT2D eigenvalue weighted by atomic mass is 35.5. The number of halogens is 4. The van der Waals surface area contributed by atoms with Crippen LogP contribution < -0.4 is 5.43 Å². The summed E-state index contributed by atoms with van der Waals surface area (Å²) in [5, 5.41) is 7.92. The topological polar surface area (TPSA) is 59.3 Å².